The van der Waals surface area contributed by atoms with Gasteiger partial charge in [-0.1, -0.05) is 72.3 Å². The second-order valence-electron chi connectivity index (χ2n) is 24.5. The third kappa shape index (κ3) is 17.4. The van der Waals surface area contributed by atoms with Gasteiger partial charge in [0.25, 0.3) is 17.6 Å². The van der Waals surface area contributed by atoms with Gasteiger partial charge < -0.3 is 53.5 Å². The number of hydrogen-bond donors (Lipinski definition) is 3. The Bertz CT molecular complexity index is 2380. The average Bonchev–Trinajstić information content (AvgIpc) is 3.19. The summed E-state index contributed by atoms with van der Waals surface area (Å²) in [5.41, 5.74) is 2.04. The maximum absolute atomic E-state index is 14.3. The molecule has 19 nitrogen and oxygen atoms in total. The number of amides is 2. The molecule has 1 saturated carbocycles. The van der Waals surface area contributed by atoms with E-state index in [1.54, 1.807) is 47.2 Å². The van der Waals surface area contributed by atoms with E-state index in [4.69, 9.17) is 28.4 Å². The van der Waals surface area contributed by atoms with Crippen LogP contribution in [0, 0.1) is 35.0 Å². The van der Waals surface area contributed by atoms with Crippen molar-refractivity contribution >= 4 is 41.1 Å². The van der Waals surface area contributed by atoms with Crippen molar-refractivity contribution in [2.45, 2.75) is 226 Å². The number of aliphatic hydroxyl groups excluding tert-OH is 2. The minimum absolute atomic E-state index is 0.000914. The number of allylic oxidation sites excluding steroid dienone is 3. The van der Waals surface area contributed by atoms with Crippen molar-refractivity contribution in [2.75, 3.05) is 41.0 Å². The number of esters is 2. The summed E-state index contributed by atoms with van der Waals surface area (Å²) in [5.74, 6) is -8.91. The molecular weight excluding hydrogens is 1050 g/mol. The molecule has 0 aromatic carbocycles. The van der Waals surface area contributed by atoms with Crippen LogP contribution in [0.5, 0.6) is 0 Å². The zero-order chi connectivity index (χ0) is 60.6. The van der Waals surface area contributed by atoms with Crippen LogP contribution >= 0.6 is 0 Å². The largest absolute Gasteiger partial charge is 0.464 e. The number of Topliss-reactive ketones (excluding diaryl/α,β-unsaturated/α-hetero) is 3. The van der Waals surface area contributed by atoms with E-state index in [1.165, 1.54) is 24.0 Å². The van der Waals surface area contributed by atoms with E-state index in [1.807, 2.05) is 52.0 Å². The van der Waals surface area contributed by atoms with Gasteiger partial charge in [0.1, 0.15) is 30.1 Å². The van der Waals surface area contributed by atoms with Crippen LogP contribution in [0.25, 0.3) is 0 Å². The van der Waals surface area contributed by atoms with Crippen molar-refractivity contribution in [3.8, 4) is 0 Å². The second kappa shape index (κ2) is 31.4. The van der Waals surface area contributed by atoms with Crippen LogP contribution in [0.15, 0.2) is 47.8 Å². The summed E-state index contributed by atoms with van der Waals surface area (Å²) >= 11 is 0. The van der Waals surface area contributed by atoms with Crippen LogP contribution in [0.2, 0.25) is 0 Å². The zero-order valence-corrected chi connectivity index (χ0v) is 51.0. The minimum atomic E-state index is -2.50. The molecule has 82 heavy (non-hydrogen) atoms. The van der Waals surface area contributed by atoms with E-state index in [-0.39, 0.29) is 49.5 Å². The number of fused-ring (bicyclic) bond motifs is 3. The molecule has 4 fully saturated rings. The van der Waals surface area contributed by atoms with Crippen molar-refractivity contribution < 1.29 is 77.3 Å². The van der Waals surface area contributed by atoms with Crippen molar-refractivity contribution in [3.63, 3.8) is 0 Å². The number of methoxy groups -OCH3 is 3. The number of ether oxygens (including phenoxy) is 6. The molecule has 19 heteroatoms. The molecule has 0 radical (unpaired) electrons. The Balaban J connectivity index is 0.000000394. The molecule has 6 rings (SSSR count). The van der Waals surface area contributed by atoms with Crippen LogP contribution in [0.3, 0.4) is 0 Å². The minimum Gasteiger partial charge on any atom is -0.464 e. The lowest BCUT2D eigenvalue weighted by molar-refractivity contribution is -0.302. The highest BCUT2D eigenvalue weighted by atomic mass is 16.7. The van der Waals surface area contributed by atoms with Gasteiger partial charge in [-0.25, -0.2) is 9.59 Å². The molecule has 1 aromatic rings. The fourth-order valence-corrected chi connectivity index (χ4v) is 12.3. The highest BCUT2D eigenvalue weighted by Gasteiger charge is 2.57. The number of ketones is 3. The second-order valence-corrected chi connectivity index (χ2v) is 24.5. The highest BCUT2D eigenvalue weighted by molar-refractivity contribution is 6.39. The molecule has 2 bridgehead atoms. The number of aryl methyl sites for hydroxylation is 1. The van der Waals surface area contributed by atoms with E-state index in [0.29, 0.717) is 95.8 Å². The molecule has 2 amide bonds. The van der Waals surface area contributed by atoms with E-state index < -0.39 is 113 Å². The van der Waals surface area contributed by atoms with Gasteiger partial charge in [-0.05, 0) is 139 Å². The van der Waals surface area contributed by atoms with Gasteiger partial charge in [0.15, 0.2) is 0 Å². The molecule has 3 N–H and O–H groups in total. The number of piperidine rings is 1. The smallest absolute Gasteiger partial charge is 0.329 e. The number of nitrogens with zero attached hydrogens (tertiary/aromatic N) is 3. The number of aromatic nitrogens is 1. The molecule has 3 saturated heterocycles. The molecule has 5 aliphatic rings. The first-order chi connectivity index (χ1) is 38.8. The van der Waals surface area contributed by atoms with Gasteiger partial charge >= 0.3 is 11.9 Å². The van der Waals surface area contributed by atoms with E-state index in [2.05, 4.69) is 11.9 Å². The van der Waals surface area contributed by atoms with Crippen LogP contribution in [0.1, 0.15) is 164 Å². The molecule has 0 spiro atoms. The van der Waals surface area contributed by atoms with Crippen LogP contribution < -0.4 is 0 Å². The topological polar surface area (TPSA) is 255 Å². The van der Waals surface area contributed by atoms with Gasteiger partial charge in [0, 0.05) is 76.4 Å². The Hall–Kier alpha value is -4.76. The number of rotatable bonds is 14. The molecule has 1 aromatic heterocycles. The molecule has 1 aliphatic carbocycles. The molecule has 1 unspecified atom stereocenters. The first-order valence-corrected chi connectivity index (χ1v) is 30.1. The Morgan fingerprint density at radius 3 is 2.22 bits per heavy atom. The Morgan fingerprint density at radius 1 is 0.878 bits per heavy atom. The summed E-state index contributed by atoms with van der Waals surface area (Å²) in [7, 11) is 4.63. The van der Waals surface area contributed by atoms with Crippen molar-refractivity contribution in [3.05, 3.63) is 53.4 Å². The number of carbonyl (C=O) groups is 7. The monoisotopic (exact) mass is 1150 g/mol. The number of pyridine rings is 1. The number of cyclic esters (lactones) is 1. The summed E-state index contributed by atoms with van der Waals surface area (Å²) in [6.45, 7) is 17.4. The Labute approximate surface area is 486 Å². The zero-order valence-electron chi connectivity index (χ0n) is 51.0. The Kier molecular flexibility index (Phi) is 26.0. The van der Waals surface area contributed by atoms with Gasteiger partial charge in [-0.3, -0.25) is 29.0 Å². The van der Waals surface area contributed by atoms with E-state index in [9.17, 15) is 48.9 Å². The maximum Gasteiger partial charge on any atom is 0.329 e. The quantitative estimate of drug-likeness (QED) is 0.0732. The number of hydrogen-bond acceptors (Lipinski definition) is 17. The molecular formula is C63H97N3O16. The summed E-state index contributed by atoms with van der Waals surface area (Å²) in [4.78, 5) is 100. The average molecular weight is 1150 g/mol. The van der Waals surface area contributed by atoms with Crippen molar-refractivity contribution in [1.29, 1.82) is 0 Å². The lowest BCUT2D eigenvalue weighted by Crippen LogP contribution is -2.64. The van der Waals surface area contributed by atoms with Gasteiger partial charge in [0.2, 0.25) is 11.6 Å². The predicted molar refractivity (Wildman–Crippen MR) is 305 cm³/mol. The maximum atomic E-state index is 14.3. The fourth-order valence-electron chi connectivity index (χ4n) is 12.3. The van der Waals surface area contributed by atoms with Gasteiger partial charge in [-0.15, -0.1) is 0 Å². The molecule has 15 atom stereocenters. The highest BCUT2D eigenvalue weighted by Crippen LogP contribution is 2.40. The molecule has 5 heterocycles. The number of likely N-dealkylation sites (tertiary alicyclic amines) is 1. The molecule has 460 valence electrons. The third-order valence-corrected chi connectivity index (χ3v) is 17.9. The summed E-state index contributed by atoms with van der Waals surface area (Å²) in [6, 6.07) is 2.08. The Morgan fingerprint density at radius 2 is 1.57 bits per heavy atom. The van der Waals surface area contributed by atoms with E-state index >= 15 is 0 Å². The molecule has 4 aliphatic heterocycles. The summed E-state index contributed by atoms with van der Waals surface area (Å²) in [6.07, 6.45) is 10.5. The number of carbonyl (C=O) groups excluding carboxylic acids is 7. The normalized spacial score (nSPS) is 33.8. The van der Waals surface area contributed by atoms with Gasteiger partial charge in [-0.2, -0.15) is 0 Å². The first-order valence-electron chi connectivity index (χ1n) is 30.1. The summed E-state index contributed by atoms with van der Waals surface area (Å²) in [5, 5.41) is 34.1. The van der Waals surface area contributed by atoms with Crippen molar-refractivity contribution in [2.24, 2.45) is 35.0 Å². The van der Waals surface area contributed by atoms with Crippen LogP contribution in [0.4, 0.5) is 0 Å². The first kappa shape index (κ1) is 68.0. The lowest BCUT2D eigenvalue weighted by Gasteiger charge is -2.47. The summed E-state index contributed by atoms with van der Waals surface area (Å²) < 4.78 is 35.1. The standard InChI is InChI=1S/C43H69NO12.C20H28N2O4/c1-10-30-18-24(2)17-25(3)19-36(53-8)39-37(54-9)21-27(5)43(51,56-39)40(48)41(49)44-16-12-11-13-31(44)42(50)55-38(28(6)33(46)23-34(30)47)26(4)20-29-14-15-32(45)35(22-29)52-7;1-4-20(2,3)17(23)18(24)22-12-6-10-16(22)19(25)26-13-7-9-15-8-5-11-21-14-15/h18,20,25,27-33,35-39,45-46,51H,10-17,19,21-23H2,1-9H3;5,8,11,14,16H,4,6-7,9-10,12-13H2,1-3H3/b24-18+,26-20+;/t25-,27+,28+,29-,30+,31-,32+,33-,35+,36-,37-,38+,39+,43+;/m0./s1. The SMILES string of the molecule is CCC(C)(C)C(=O)C(=O)N1CCCC1C(=O)OCCCc1cccnc1.CC[C@@H]1/C=C(\C)C[C@H](C)C[C@H](OC)[C@H]2O[C@@](O)(C(=O)C(=O)N3CCCC[C@H]3C(=O)O[C@H](/C(C)=C/[C@@H]3CC[C@@H](O)[C@H](OC)C3)[C@H](C)[C@@H](O)CC1=O)[C@H](C)C[C@@H]2OC. The van der Waals surface area contributed by atoms with Crippen LogP contribution in [-0.4, -0.2) is 173 Å². The lowest BCUT2D eigenvalue weighted by atomic mass is 9.81. The predicted octanol–water partition coefficient (Wildman–Crippen LogP) is 7.03. The van der Waals surface area contributed by atoms with Crippen molar-refractivity contribution in [1.82, 2.24) is 14.8 Å². The number of aliphatic hydroxyl groups is 3. The van der Waals surface area contributed by atoms with Crippen LogP contribution in [-0.2, 0) is 68.4 Å². The van der Waals surface area contributed by atoms with Gasteiger partial charge in [0.05, 0.1) is 37.1 Å². The fraction of sp³-hybridized carbons (Fsp3) is 0.746. The van der Waals surface area contributed by atoms with E-state index in [0.717, 1.165) is 17.6 Å². The third-order valence-electron chi connectivity index (χ3n) is 17.9.